The maximum Gasteiger partial charge on any atom is 0.0540 e. The molecule has 1 fully saturated rings. The van der Waals surface area contributed by atoms with Crippen LogP contribution in [0.3, 0.4) is 0 Å². The van der Waals surface area contributed by atoms with Gasteiger partial charge in [0, 0.05) is 19.5 Å². The van der Waals surface area contributed by atoms with Crippen LogP contribution in [0.4, 0.5) is 0 Å². The van der Waals surface area contributed by atoms with Gasteiger partial charge in [-0.05, 0) is 12.8 Å². The molecule has 0 amide bonds. The molecule has 0 aromatic carbocycles. The molecule has 1 aliphatic carbocycles. The van der Waals surface area contributed by atoms with E-state index in [4.69, 9.17) is 5.11 Å². The molecule has 8 heavy (non-hydrogen) atoms. The Labute approximate surface area is 63.2 Å². The molecule has 0 radical (unpaired) electrons. The number of rotatable bonds is 0. The third-order valence-electron chi connectivity index (χ3n) is 1.57. The van der Waals surface area contributed by atoms with Crippen LogP contribution in [-0.2, 0) is 19.5 Å². The standard InChI is InChI=1S/C6H12O.Zn/c7-6-4-2-1-3-5-6;/h6-7H,1-5H2;. The van der Waals surface area contributed by atoms with Gasteiger partial charge < -0.3 is 5.11 Å². The van der Waals surface area contributed by atoms with Gasteiger partial charge in [-0.3, -0.25) is 0 Å². The normalized spacial score (nSPS) is 22.1. The first-order chi connectivity index (χ1) is 3.39. The number of hydrogen-bond acceptors (Lipinski definition) is 1. The molecule has 1 aliphatic rings. The zero-order valence-corrected chi connectivity index (χ0v) is 8.23. The minimum atomic E-state index is 0. The molecule has 0 aromatic heterocycles. The molecule has 0 aromatic rings. The molecule has 0 atom stereocenters. The minimum absolute atomic E-state index is 0. The second kappa shape index (κ2) is 4.46. The SMILES string of the molecule is OC1CCCCC1.[Zn]. The molecule has 0 aliphatic heterocycles. The van der Waals surface area contributed by atoms with Crippen LogP contribution < -0.4 is 0 Å². The molecule has 1 rings (SSSR count). The summed E-state index contributed by atoms with van der Waals surface area (Å²) < 4.78 is 0. The van der Waals surface area contributed by atoms with Crippen molar-refractivity contribution in [3.05, 3.63) is 0 Å². The smallest absolute Gasteiger partial charge is 0.0540 e. The predicted octanol–water partition coefficient (Wildman–Crippen LogP) is 1.31. The molecule has 0 spiro atoms. The van der Waals surface area contributed by atoms with E-state index < -0.39 is 0 Å². The van der Waals surface area contributed by atoms with Gasteiger partial charge in [-0.25, -0.2) is 0 Å². The van der Waals surface area contributed by atoms with Crippen molar-refractivity contribution >= 4 is 0 Å². The molecule has 44 valence electrons. The Morgan fingerprint density at radius 2 is 1.50 bits per heavy atom. The van der Waals surface area contributed by atoms with Crippen LogP contribution in [0.2, 0.25) is 0 Å². The molecule has 0 heterocycles. The van der Waals surface area contributed by atoms with E-state index in [9.17, 15) is 0 Å². The predicted molar refractivity (Wildman–Crippen MR) is 29.1 cm³/mol. The fourth-order valence-electron chi connectivity index (χ4n) is 1.08. The topological polar surface area (TPSA) is 20.2 Å². The largest absolute Gasteiger partial charge is 0.393 e. The van der Waals surface area contributed by atoms with E-state index in [1.807, 2.05) is 0 Å². The number of hydrogen-bond donors (Lipinski definition) is 1. The summed E-state index contributed by atoms with van der Waals surface area (Å²) in [5.41, 5.74) is 0. The van der Waals surface area contributed by atoms with Crippen LogP contribution >= 0.6 is 0 Å². The van der Waals surface area contributed by atoms with Gasteiger partial charge in [0.2, 0.25) is 0 Å². The Morgan fingerprint density at radius 1 is 1.00 bits per heavy atom. The molecule has 0 saturated heterocycles. The first kappa shape index (κ1) is 8.58. The van der Waals surface area contributed by atoms with Crippen molar-refractivity contribution in [2.75, 3.05) is 0 Å². The van der Waals surface area contributed by atoms with Crippen molar-refractivity contribution in [1.29, 1.82) is 0 Å². The van der Waals surface area contributed by atoms with E-state index in [1.54, 1.807) is 0 Å². The van der Waals surface area contributed by atoms with Crippen LogP contribution in [0.25, 0.3) is 0 Å². The van der Waals surface area contributed by atoms with Crippen LogP contribution in [0.5, 0.6) is 0 Å². The van der Waals surface area contributed by atoms with Gasteiger partial charge in [-0.1, -0.05) is 19.3 Å². The molecular formula is C6H12OZn. The molecule has 1 N–H and O–H groups in total. The van der Waals surface area contributed by atoms with E-state index in [-0.39, 0.29) is 25.6 Å². The zero-order chi connectivity index (χ0) is 5.11. The van der Waals surface area contributed by atoms with Crippen molar-refractivity contribution in [1.82, 2.24) is 0 Å². The average Bonchev–Trinajstić information content (AvgIpc) is 1.69. The summed E-state index contributed by atoms with van der Waals surface area (Å²) in [6, 6.07) is 0. The van der Waals surface area contributed by atoms with Crippen molar-refractivity contribution < 1.29 is 24.6 Å². The molecule has 0 bridgehead atoms. The molecule has 2 heteroatoms. The minimum Gasteiger partial charge on any atom is -0.393 e. The van der Waals surface area contributed by atoms with Gasteiger partial charge >= 0.3 is 0 Å². The summed E-state index contributed by atoms with van der Waals surface area (Å²) in [4.78, 5) is 0. The summed E-state index contributed by atoms with van der Waals surface area (Å²) in [7, 11) is 0. The number of aliphatic hydroxyl groups excluding tert-OH is 1. The van der Waals surface area contributed by atoms with Gasteiger partial charge in [-0.2, -0.15) is 0 Å². The summed E-state index contributed by atoms with van der Waals surface area (Å²) in [6.45, 7) is 0. The first-order valence-electron chi connectivity index (χ1n) is 3.07. The first-order valence-corrected chi connectivity index (χ1v) is 3.07. The van der Waals surface area contributed by atoms with Gasteiger partial charge in [-0.15, -0.1) is 0 Å². The van der Waals surface area contributed by atoms with Gasteiger partial charge in [0.05, 0.1) is 6.10 Å². The summed E-state index contributed by atoms with van der Waals surface area (Å²) in [5, 5.41) is 8.91. The fourth-order valence-corrected chi connectivity index (χ4v) is 1.08. The Morgan fingerprint density at radius 3 is 1.75 bits per heavy atom. The fraction of sp³-hybridized carbons (Fsp3) is 1.00. The monoisotopic (exact) mass is 164 g/mol. The average molecular weight is 166 g/mol. The van der Waals surface area contributed by atoms with E-state index in [0.717, 1.165) is 12.8 Å². The molecule has 1 saturated carbocycles. The van der Waals surface area contributed by atoms with E-state index >= 15 is 0 Å². The quantitative estimate of drug-likeness (QED) is 0.537. The third kappa shape index (κ3) is 2.79. The summed E-state index contributed by atoms with van der Waals surface area (Å²) in [6.07, 6.45) is 5.92. The Kier molecular flexibility index (Phi) is 4.79. The molecular weight excluding hydrogens is 153 g/mol. The van der Waals surface area contributed by atoms with Gasteiger partial charge in [0.15, 0.2) is 0 Å². The maximum absolute atomic E-state index is 8.91. The van der Waals surface area contributed by atoms with Crippen molar-refractivity contribution in [3.63, 3.8) is 0 Å². The summed E-state index contributed by atoms with van der Waals surface area (Å²) >= 11 is 0. The van der Waals surface area contributed by atoms with E-state index in [0.29, 0.717) is 0 Å². The summed E-state index contributed by atoms with van der Waals surface area (Å²) in [5.74, 6) is 0. The van der Waals surface area contributed by atoms with Crippen LogP contribution in [-0.4, -0.2) is 11.2 Å². The maximum atomic E-state index is 8.91. The third-order valence-corrected chi connectivity index (χ3v) is 1.57. The zero-order valence-electron chi connectivity index (χ0n) is 5.27. The van der Waals surface area contributed by atoms with Crippen molar-refractivity contribution in [2.24, 2.45) is 0 Å². The second-order valence-corrected chi connectivity index (χ2v) is 2.29. The Hall–Kier alpha value is 0.583. The van der Waals surface area contributed by atoms with E-state index in [1.165, 1.54) is 19.3 Å². The van der Waals surface area contributed by atoms with Crippen LogP contribution in [0, 0.1) is 0 Å². The Bertz CT molecular complexity index is 50.5. The molecule has 0 unspecified atom stereocenters. The van der Waals surface area contributed by atoms with Crippen LogP contribution in [0.15, 0.2) is 0 Å². The second-order valence-electron chi connectivity index (χ2n) is 2.29. The van der Waals surface area contributed by atoms with Gasteiger partial charge in [0.25, 0.3) is 0 Å². The van der Waals surface area contributed by atoms with Gasteiger partial charge in [0.1, 0.15) is 0 Å². The van der Waals surface area contributed by atoms with Crippen molar-refractivity contribution in [2.45, 2.75) is 38.2 Å². The van der Waals surface area contributed by atoms with Crippen molar-refractivity contribution in [3.8, 4) is 0 Å². The van der Waals surface area contributed by atoms with Crippen LogP contribution in [0.1, 0.15) is 32.1 Å². The number of aliphatic hydroxyl groups is 1. The van der Waals surface area contributed by atoms with E-state index in [2.05, 4.69) is 0 Å². The molecule has 1 nitrogen and oxygen atoms in total. The Balaban J connectivity index is 0.000000490.